The Balaban J connectivity index is 2.81. The lowest BCUT2D eigenvalue weighted by Gasteiger charge is -1.96. The van der Waals surface area contributed by atoms with E-state index in [2.05, 4.69) is 9.97 Å². The second-order valence-electron chi connectivity index (χ2n) is 2.48. The van der Waals surface area contributed by atoms with Crippen molar-refractivity contribution in [3.63, 3.8) is 0 Å². The van der Waals surface area contributed by atoms with Crippen LogP contribution >= 0.6 is 0 Å². The highest BCUT2D eigenvalue weighted by Gasteiger charge is 2.08. The molecule has 5 heteroatoms. The Morgan fingerprint density at radius 3 is 3.15 bits per heavy atom. The fourth-order valence-corrected chi connectivity index (χ4v) is 1.19. The largest absolute Gasteiger partial charge is 0.294 e. The minimum Gasteiger partial charge on any atom is -0.294 e. The Bertz CT molecular complexity index is 452. The summed E-state index contributed by atoms with van der Waals surface area (Å²) in [5.41, 5.74) is 0.925. The Kier molecular flexibility index (Phi) is 1.77. The minimum atomic E-state index is -0.768. The van der Waals surface area contributed by atoms with Crippen molar-refractivity contribution < 1.29 is 9.18 Å². The smallest absolute Gasteiger partial charge is 0.185 e. The Morgan fingerprint density at radius 2 is 2.46 bits per heavy atom. The molecule has 0 amide bonds. The first-order valence-electron chi connectivity index (χ1n) is 3.69. The topological polar surface area (TPSA) is 47.8 Å². The van der Waals surface area contributed by atoms with E-state index >= 15 is 0 Å². The molecule has 0 radical (unpaired) electrons. The zero-order chi connectivity index (χ0) is 9.26. The van der Waals surface area contributed by atoms with Crippen LogP contribution < -0.4 is 0 Å². The number of aldehydes is 1. The Morgan fingerprint density at radius 1 is 1.62 bits per heavy atom. The molecule has 66 valence electrons. The van der Waals surface area contributed by atoms with Crippen molar-refractivity contribution in [2.45, 2.75) is 6.80 Å². The van der Waals surface area contributed by atoms with Crippen LogP contribution in [0.1, 0.15) is 10.6 Å². The first kappa shape index (κ1) is 7.85. The zero-order valence-corrected chi connectivity index (χ0v) is 6.64. The third kappa shape index (κ3) is 1.09. The van der Waals surface area contributed by atoms with E-state index in [1.165, 1.54) is 4.57 Å². The minimum absolute atomic E-state index is 0.0659. The average molecular weight is 179 g/mol. The molecule has 2 aromatic rings. The fraction of sp³-hybridized carbons (Fsp3) is 0.125. The van der Waals surface area contributed by atoms with Gasteiger partial charge >= 0.3 is 0 Å². The Labute approximate surface area is 73.0 Å². The number of nitrogens with zero attached hydrogens (tertiary/aromatic N) is 3. The van der Waals surface area contributed by atoms with Crippen LogP contribution in [0.4, 0.5) is 4.39 Å². The van der Waals surface area contributed by atoms with Gasteiger partial charge in [0.2, 0.25) is 0 Å². The summed E-state index contributed by atoms with van der Waals surface area (Å²) >= 11 is 0. The van der Waals surface area contributed by atoms with E-state index in [1.807, 2.05) is 0 Å². The monoisotopic (exact) mass is 179 g/mol. The van der Waals surface area contributed by atoms with Crippen LogP contribution in [0.2, 0.25) is 0 Å². The predicted octanol–water partition coefficient (Wildman–Crippen LogP) is 1.17. The zero-order valence-electron chi connectivity index (χ0n) is 6.64. The van der Waals surface area contributed by atoms with Crippen LogP contribution in [0, 0.1) is 0 Å². The number of carbonyl (C=O) groups is 1. The molecule has 0 atom stereocenters. The summed E-state index contributed by atoms with van der Waals surface area (Å²) in [6.07, 6.45) is 2.06. The van der Waals surface area contributed by atoms with Crippen molar-refractivity contribution >= 4 is 17.5 Å². The van der Waals surface area contributed by atoms with Crippen LogP contribution in [0.15, 0.2) is 18.3 Å². The number of carbonyl (C=O) groups excluding carboxylic acids is 1. The van der Waals surface area contributed by atoms with Crippen LogP contribution in [-0.4, -0.2) is 20.8 Å². The SMILES string of the molecule is O=Cc1nc2ncccc2n1CF. The van der Waals surface area contributed by atoms with Gasteiger partial charge < -0.3 is 0 Å². The van der Waals surface area contributed by atoms with E-state index in [0.717, 1.165) is 0 Å². The number of rotatable bonds is 2. The third-order valence-corrected chi connectivity index (χ3v) is 1.78. The molecule has 2 heterocycles. The molecular formula is C8H6FN3O. The van der Waals surface area contributed by atoms with Gasteiger partial charge in [0.05, 0.1) is 5.52 Å². The van der Waals surface area contributed by atoms with E-state index in [4.69, 9.17) is 0 Å². The van der Waals surface area contributed by atoms with Gasteiger partial charge in [-0.3, -0.25) is 9.36 Å². The summed E-state index contributed by atoms with van der Waals surface area (Å²) in [5, 5.41) is 0. The first-order chi connectivity index (χ1) is 6.36. The van der Waals surface area contributed by atoms with Gasteiger partial charge in [-0.1, -0.05) is 0 Å². The van der Waals surface area contributed by atoms with E-state index < -0.39 is 6.80 Å². The summed E-state index contributed by atoms with van der Waals surface area (Å²) in [6.45, 7) is -0.768. The molecule has 0 N–H and O–H groups in total. The summed E-state index contributed by atoms with van der Waals surface area (Å²) in [6, 6.07) is 3.34. The molecule has 2 aromatic heterocycles. The van der Waals surface area contributed by atoms with Gasteiger partial charge in [-0.25, -0.2) is 14.4 Å². The molecule has 2 rings (SSSR count). The summed E-state index contributed by atoms with van der Waals surface area (Å²) in [5.74, 6) is 0.0659. The standard InChI is InChI=1S/C8H6FN3O/c9-5-12-6-2-1-3-10-8(6)11-7(12)4-13/h1-4H,5H2. The lowest BCUT2D eigenvalue weighted by molar-refractivity contribution is 0.110. The molecule has 0 unspecified atom stereocenters. The van der Waals surface area contributed by atoms with Crippen molar-refractivity contribution in [1.82, 2.24) is 14.5 Å². The number of hydrogen-bond donors (Lipinski definition) is 0. The lowest BCUT2D eigenvalue weighted by Crippen LogP contribution is -1.98. The van der Waals surface area contributed by atoms with Gasteiger partial charge in [0.25, 0.3) is 0 Å². The number of halogens is 1. The van der Waals surface area contributed by atoms with Crippen LogP contribution in [-0.2, 0) is 6.80 Å². The molecule has 0 fully saturated rings. The molecule has 0 saturated heterocycles. The number of aromatic nitrogens is 3. The highest BCUT2D eigenvalue weighted by molar-refractivity contribution is 5.80. The molecule has 0 saturated carbocycles. The highest BCUT2D eigenvalue weighted by atomic mass is 19.1. The molecule has 0 aliphatic rings. The maximum absolute atomic E-state index is 12.5. The van der Waals surface area contributed by atoms with Gasteiger partial charge in [-0.15, -0.1) is 0 Å². The van der Waals surface area contributed by atoms with Gasteiger partial charge in [-0.05, 0) is 12.1 Å². The van der Waals surface area contributed by atoms with Gasteiger partial charge in [0.1, 0.15) is 0 Å². The number of imidazole rings is 1. The number of pyridine rings is 1. The summed E-state index contributed by atoms with van der Waals surface area (Å²) in [4.78, 5) is 18.2. The molecule has 0 spiro atoms. The summed E-state index contributed by atoms with van der Waals surface area (Å²) in [7, 11) is 0. The second kappa shape index (κ2) is 2.93. The van der Waals surface area contributed by atoms with Crippen molar-refractivity contribution in [3.05, 3.63) is 24.2 Å². The predicted molar refractivity (Wildman–Crippen MR) is 44.0 cm³/mol. The number of fused-ring (bicyclic) bond motifs is 1. The van der Waals surface area contributed by atoms with Gasteiger partial charge in [0.15, 0.2) is 24.6 Å². The first-order valence-corrected chi connectivity index (χ1v) is 3.69. The van der Waals surface area contributed by atoms with Gasteiger partial charge in [0, 0.05) is 6.20 Å². The van der Waals surface area contributed by atoms with Crippen molar-refractivity contribution in [2.75, 3.05) is 0 Å². The lowest BCUT2D eigenvalue weighted by atomic mass is 10.4. The average Bonchev–Trinajstić information content (AvgIpc) is 2.55. The van der Waals surface area contributed by atoms with Crippen LogP contribution in [0.5, 0.6) is 0 Å². The van der Waals surface area contributed by atoms with Crippen LogP contribution in [0.25, 0.3) is 11.2 Å². The van der Waals surface area contributed by atoms with Crippen LogP contribution in [0.3, 0.4) is 0 Å². The second-order valence-corrected chi connectivity index (χ2v) is 2.48. The molecule has 0 aliphatic carbocycles. The van der Waals surface area contributed by atoms with E-state index in [9.17, 15) is 9.18 Å². The maximum atomic E-state index is 12.5. The quantitative estimate of drug-likeness (QED) is 0.650. The van der Waals surface area contributed by atoms with E-state index in [1.54, 1.807) is 18.3 Å². The van der Waals surface area contributed by atoms with Crippen molar-refractivity contribution in [1.29, 1.82) is 0 Å². The van der Waals surface area contributed by atoms with Crippen molar-refractivity contribution in [2.24, 2.45) is 0 Å². The molecule has 0 aliphatic heterocycles. The molecule has 0 bridgehead atoms. The highest BCUT2D eigenvalue weighted by Crippen LogP contribution is 2.12. The van der Waals surface area contributed by atoms with E-state index in [-0.39, 0.29) is 5.82 Å². The maximum Gasteiger partial charge on any atom is 0.185 e. The van der Waals surface area contributed by atoms with Gasteiger partial charge in [-0.2, -0.15) is 0 Å². The summed E-state index contributed by atoms with van der Waals surface area (Å²) < 4.78 is 13.6. The molecule has 0 aromatic carbocycles. The normalized spacial score (nSPS) is 10.5. The van der Waals surface area contributed by atoms with E-state index in [0.29, 0.717) is 17.5 Å². The number of alkyl halides is 1. The molecular weight excluding hydrogens is 173 g/mol. The van der Waals surface area contributed by atoms with Crippen molar-refractivity contribution in [3.8, 4) is 0 Å². The molecule has 13 heavy (non-hydrogen) atoms. The third-order valence-electron chi connectivity index (χ3n) is 1.78. The fourth-order valence-electron chi connectivity index (χ4n) is 1.19. The number of hydrogen-bond acceptors (Lipinski definition) is 3. The Hall–Kier alpha value is -1.78. The molecule has 4 nitrogen and oxygen atoms in total.